The van der Waals surface area contributed by atoms with Gasteiger partial charge in [-0.15, -0.1) is 0 Å². The Morgan fingerprint density at radius 1 is 1.38 bits per heavy atom. The molecule has 2 N–H and O–H groups in total. The Morgan fingerprint density at radius 2 is 2.12 bits per heavy atom. The van der Waals surface area contributed by atoms with Gasteiger partial charge < -0.3 is 15.4 Å². The van der Waals surface area contributed by atoms with Crippen LogP contribution >= 0.6 is 0 Å². The fraction of sp³-hybridized carbons (Fsp3) is 0.579. The van der Waals surface area contributed by atoms with Gasteiger partial charge in [-0.2, -0.15) is 5.26 Å². The van der Waals surface area contributed by atoms with Gasteiger partial charge in [0.05, 0.1) is 11.6 Å². The Labute approximate surface area is 144 Å². The van der Waals surface area contributed by atoms with Gasteiger partial charge in [0.1, 0.15) is 5.60 Å². The monoisotopic (exact) mass is 329 g/mol. The summed E-state index contributed by atoms with van der Waals surface area (Å²) in [7, 11) is 0. The lowest BCUT2D eigenvalue weighted by Gasteiger charge is -2.25. The number of aryl methyl sites for hydroxylation is 1. The summed E-state index contributed by atoms with van der Waals surface area (Å²) < 4.78 is 5.29. The number of carbonyl (C=O) groups is 1. The van der Waals surface area contributed by atoms with Gasteiger partial charge in [-0.1, -0.05) is 12.5 Å². The third kappa shape index (κ3) is 5.16. The predicted molar refractivity (Wildman–Crippen MR) is 94.9 cm³/mol. The Bertz CT molecular complexity index is 628. The molecular formula is C19H27N3O2. The number of carbonyl (C=O) groups excluding carboxylic acids is 1. The van der Waals surface area contributed by atoms with Gasteiger partial charge in [0.25, 0.3) is 0 Å². The second-order valence-corrected chi connectivity index (χ2v) is 7.47. The number of nitrogens with zero attached hydrogens (tertiary/aromatic N) is 1. The summed E-state index contributed by atoms with van der Waals surface area (Å²) in [6.45, 7) is 8.21. The van der Waals surface area contributed by atoms with Gasteiger partial charge in [0, 0.05) is 18.3 Å². The number of ether oxygens (including phenoxy) is 1. The van der Waals surface area contributed by atoms with Gasteiger partial charge in [0.2, 0.25) is 0 Å². The number of amides is 1. The van der Waals surface area contributed by atoms with Crippen molar-refractivity contribution >= 4 is 11.8 Å². The first-order valence-electron chi connectivity index (χ1n) is 8.52. The lowest BCUT2D eigenvalue weighted by molar-refractivity contribution is 0.0519. The third-order valence-electron chi connectivity index (χ3n) is 4.27. The summed E-state index contributed by atoms with van der Waals surface area (Å²) in [4.78, 5) is 11.8. The summed E-state index contributed by atoms with van der Waals surface area (Å²) in [5.41, 5.74) is 2.30. The zero-order valence-corrected chi connectivity index (χ0v) is 15.0. The van der Waals surface area contributed by atoms with E-state index < -0.39 is 5.60 Å². The number of anilines is 1. The van der Waals surface area contributed by atoms with Gasteiger partial charge in [-0.05, 0) is 64.2 Å². The number of benzene rings is 1. The van der Waals surface area contributed by atoms with Gasteiger partial charge in [-0.3, -0.25) is 0 Å². The first kappa shape index (κ1) is 18.1. The molecule has 130 valence electrons. The molecule has 5 heteroatoms. The van der Waals surface area contributed by atoms with Crippen molar-refractivity contribution in [3.05, 3.63) is 29.3 Å². The zero-order chi connectivity index (χ0) is 17.7. The van der Waals surface area contributed by atoms with Crippen molar-refractivity contribution in [2.45, 2.75) is 58.6 Å². The van der Waals surface area contributed by atoms with Gasteiger partial charge in [0.15, 0.2) is 0 Å². The number of alkyl carbamates (subject to hydrolysis) is 1. The minimum absolute atomic E-state index is 0.299. The van der Waals surface area contributed by atoms with E-state index in [9.17, 15) is 4.79 Å². The largest absolute Gasteiger partial charge is 0.444 e. The highest BCUT2D eigenvalue weighted by Crippen LogP contribution is 2.29. The summed E-state index contributed by atoms with van der Waals surface area (Å²) in [5.74, 6) is 0.364. The van der Waals surface area contributed by atoms with E-state index in [0.717, 1.165) is 30.5 Å². The molecule has 0 heterocycles. The van der Waals surface area contributed by atoms with Crippen molar-refractivity contribution in [3.63, 3.8) is 0 Å². The van der Waals surface area contributed by atoms with Crippen LogP contribution in [0.5, 0.6) is 0 Å². The quantitative estimate of drug-likeness (QED) is 0.876. The van der Waals surface area contributed by atoms with Crippen molar-refractivity contribution in [1.29, 1.82) is 5.26 Å². The van der Waals surface area contributed by atoms with Crippen LogP contribution in [0.15, 0.2) is 18.2 Å². The summed E-state index contributed by atoms with van der Waals surface area (Å²) >= 11 is 0. The Hall–Kier alpha value is -2.22. The van der Waals surface area contributed by atoms with Gasteiger partial charge >= 0.3 is 6.09 Å². The standard InChI is InChI=1S/C19H27N3O2/c1-13-8-9-14(11-20)10-17(13)22-16-7-5-6-15(16)12-21-18(23)24-19(2,3)4/h8-10,15-16,22H,5-7,12H2,1-4H3,(H,21,23). The molecule has 2 atom stereocenters. The van der Waals surface area contributed by atoms with E-state index in [-0.39, 0.29) is 6.09 Å². The molecule has 2 rings (SSSR count). The average molecular weight is 329 g/mol. The summed E-state index contributed by atoms with van der Waals surface area (Å²) in [6, 6.07) is 8.16. The molecule has 0 aliphatic heterocycles. The van der Waals surface area contributed by atoms with Crippen molar-refractivity contribution in [3.8, 4) is 6.07 Å². The second kappa shape index (κ2) is 7.57. The first-order valence-corrected chi connectivity index (χ1v) is 8.52. The molecule has 1 aromatic rings. The van der Waals surface area contributed by atoms with E-state index in [0.29, 0.717) is 24.1 Å². The molecule has 1 aromatic carbocycles. The highest BCUT2D eigenvalue weighted by molar-refractivity contribution is 5.67. The van der Waals surface area contributed by atoms with Crippen LogP contribution in [0.25, 0.3) is 0 Å². The minimum atomic E-state index is -0.480. The van der Waals surface area contributed by atoms with E-state index in [4.69, 9.17) is 10.00 Å². The van der Waals surface area contributed by atoms with Crippen LogP contribution in [0, 0.1) is 24.2 Å². The molecule has 24 heavy (non-hydrogen) atoms. The molecule has 0 bridgehead atoms. The molecule has 0 aromatic heterocycles. The van der Waals surface area contributed by atoms with Crippen molar-refractivity contribution in [1.82, 2.24) is 5.32 Å². The Morgan fingerprint density at radius 3 is 2.79 bits per heavy atom. The Kier molecular flexibility index (Phi) is 5.71. The minimum Gasteiger partial charge on any atom is -0.444 e. The van der Waals surface area contributed by atoms with E-state index in [2.05, 4.69) is 16.7 Å². The average Bonchev–Trinajstić information content (AvgIpc) is 2.93. The van der Waals surface area contributed by atoms with Crippen LogP contribution in [0.1, 0.15) is 51.2 Å². The van der Waals surface area contributed by atoms with Crippen LogP contribution in [0.3, 0.4) is 0 Å². The van der Waals surface area contributed by atoms with Crippen LogP contribution < -0.4 is 10.6 Å². The lowest BCUT2D eigenvalue weighted by Crippen LogP contribution is -2.38. The molecule has 2 unspecified atom stereocenters. The summed E-state index contributed by atoms with van der Waals surface area (Å²) in [6.07, 6.45) is 2.91. The molecule has 1 aliphatic rings. The van der Waals surface area contributed by atoms with Crippen molar-refractivity contribution < 1.29 is 9.53 Å². The topological polar surface area (TPSA) is 74.2 Å². The predicted octanol–water partition coefficient (Wildman–Crippen LogP) is 3.97. The van der Waals surface area contributed by atoms with Crippen LogP contribution in [0.4, 0.5) is 10.5 Å². The molecule has 0 spiro atoms. The molecular weight excluding hydrogens is 302 g/mol. The van der Waals surface area contributed by atoms with Crippen molar-refractivity contribution in [2.24, 2.45) is 5.92 Å². The van der Waals surface area contributed by atoms with Gasteiger partial charge in [-0.25, -0.2) is 4.79 Å². The number of nitrogens with one attached hydrogen (secondary N) is 2. The SMILES string of the molecule is Cc1ccc(C#N)cc1NC1CCCC1CNC(=O)OC(C)(C)C. The third-order valence-corrected chi connectivity index (χ3v) is 4.27. The molecule has 1 aliphatic carbocycles. The maximum absolute atomic E-state index is 11.8. The number of rotatable bonds is 4. The molecule has 5 nitrogen and oxygen atoms in total. The first-order chi connectivity index (χ1) is 11.3. The van der Waals surface area contributed by atoms with Crippen LogP contribution in [-0.2, 0) is 4.74 Å². The number of hydrogen-bond acceptors (Lipinski definition) is 4. The van der Waals surface area contributed by atoms with Crippen molar-refractivity contribution in [2.75, 3.05) is 11.9 Å². The number of nitriles is 1. The molecule has 0 saturated heterocycles. The highest BCUT2D eigenvalue weighted by Gasteiger charge is 2.28. The molecule has 0 radical (unpaired) electrons. The van der Waals surface area contributed by atoms with Crippen LogP contribution in [-0.4, -0.2) is 24.3 Å². The molecule has 1 saturated carbocycles. The highest BCUT2D eigenvalue weighted by atomic mass is 16.6. The normalized spacial score (nSPS) is 20.3. The fourth-order valence-electron chi connectivity index (χ4n) is 3.05. The smallest absolute Gasteiger partial charge is 0.407 e. The maximum atomic E-state index is 11.8. The summed E-state index contributed by atoms with van der Waals surface area (Å²) in [5, 5.41) is 15.5. The van der Waals surface area contributed by atoms with Crippen LogP contribution in [0.2, 0.25) is 0 Å². The van der Waals surface area contributed by atoms with E-state index in [1.807, 2.05) is 45.9 Å². The Balaban J connectivity index is 1.94. The number of hydrogen-bond donors (Lipinski definition) is 2. The molecule has 1 amide bonds. The maximum Gasteiger partial charge on any atom is 0.407 e. The fourth-order valence-corrected chi connectivity index (χ4v) is 3.05. The second-order valence-electron chi connectivity index (χ2n) is 7.47. The van der Waals surface area contributed by atoms with E-state index >= 15 is 0 Å². The molecule has 1 fully saturated rings. The van der Waals surface area contributed by atoms with E-state index in [1.165, 1.54) is 0 Å². The van der Waals surface area contributed by atoms with E-state index in [1.54, 1.807) is 0 Å². The lowest BCUT2D eigenvalue weighted by atomic mass is 10.0. The zero-order valence-electron chi connectivity index (χ0n) is 15.0.